The SMILES string of the molecule is O=C(Nc1ccc2oc(-c3ccc4ccccc4c3)nc2c1)c1cccc(F)c1. The van der Waals surface area contributed by atoms with Gasteiger partial charge in [0.15, 0.2) is 5.58 Å². The number of nitrogens with zero attached hydrogens (tertiary/aromatic N) is 1. The van der Waals surface area contributed by atoms with Crippen molar-refractivity contribution in [1.82, 2.24) is 4.98 Å². The lowest BCUT2D eigenvalue weighted by molar-refractivity contribution is 0.102. The molecule has 5 rings (SSSR count). The van der Waals surface area contributed by atoms with Crippen LogP contribution in [0.25, 0.3) is 33.3 Å². The molecule has 1 heterocycles. The van der Waals surface area contributed by atoms with Gasteiger partial charge in [0.2, 0.25) is 5.89 Å². The van der Waals surface area contributed by atoms with Crippen LogP contribution in [-0.2, 0) is 0 Å². The molecule has 0 fully saturated rings. The van der Waals surface area contributed by atoms with E-state index in [0.717, 1.165) is 16.3 Å². The Balaban J connectivity index is 1.45. The second-order valence-electron chi connectivity index (χ2n) is 6.73. The van der Waals surface area contributed by atoms with Crippen LogP contribution in [0.2, 0.25) is 0 Å². The molecule has 0 aliphatic rings. The fourth-order valence-corrected chi connectivity index (χ4v) is 3.28. The van der Waals surface area contributed by atoms with Crippen LogP contribution in [0.3, 0.4) is 0 Å². The van der Waals surface area contributed by atoms with Gasteiger partial charge in [-0.05, 0) is 59.3 Å². The summed E-state index contributed by atoms with van der Waals surface area (Å²) >= 11 is 0. The summed E-state index contributed by atoms with van der Waals surface area (Å²) in [6.45, 7) is 0. The molecule has 0 atom stereocenters. The lowest BCUT2D eigenvalue weighted by atomic mass is 10.1. The normalized spacial score (nSPS) is 11.1. The minimum absolute atomic E-state index is 0.252. The average molecular weight is 382 g/mol. The maximum atomic E-state index is 13.3. The number of benzene rings is 4. The van der Waals surface area contributed by atoms with Gasteiger partial charge in [0.1, 0.15) is 11.3 Å². The molecule has 4 nitrogen and oxygen atoms in total. The predicted octanol–water partition coefficient (Wildman–Crippen LogP) is 6.04. The van der Waals surface area contributed by atoms with Crippen molar-refractivity contribution in [3.8, 4) is 11.5 Å². The molecule has 29 heavy (non-hydrogen) atoms. The molecule has 0 spiro atoms. The van der Waals surface area contributed by atoms with E-state index in [0.29, 0.717) is 22.7 Å². The van der Waals surface area contributed by atoms with Crippen molar-refractivity contribution in [2.45, 2.75) is 0 Å². The summed E-state index contributed by atoms with van der Waals surface area (Å²) in [6.07, 6.45) is 0. The Morgan fingerprint density at radius 3 is 2.59 bits per heavy atom. The summed E-state index contributed by atoms with van der Waals surface area (Å²) in [4.78, 5) is 16.9. The van der Waals surface area contributed by atoms with Crippen molar-refractivity contribution >= 4 is 33.5 Å². The second kappa shape index (κ2) is 6.87. The van der Waals surface area contributed by atoms with Crippen LogP contribution < -0.4 is 5.32 Å². The quantitative estimate of drug-likeness (QED) is 0.414. The Labute approximate surface area is 165 Å². The molecule has 0 radical (unpaired) electrons. The van der Waals surface area contributed by atoms with Crippen LogP contribution >= 0.6 is 0 Å². The van der Waals surface area contributed by atoms with Gasteiger partial charge in [-0.3, -0.25) is 4.79 Å². The highest BCUT2D eigenvalue weighted by molar-refractivity contribution is 6.05. The summed E-state index contributed by atoms with van der Waals surface area (Å²) < 4.78 is 19.2. The third kappa shape index (κ3) is 3.34. The molecule has 0 saturated heterocycles. The first-order valence-electron chi connectivity index (χ1n) is 9.12. The Morgan fingerprint density at radius 1 is 0.862 bits per heavy atom. The number of nitrogens with one attached hydrogen (secondary N) is 1. The van der Waals surface area contributed by atoms with E-state index in [1.165, 1.54) is 18.2 Å². The first-order valence-corrected chi connectivity index (χ1v) is 9.12. The molecule has 4 aromatic carbocycles. The van der Waals surface area contributed by atoms with Gasteiger partial charge in [-0.2, -0.15) is 0 Å². The van der Waals surface area contributed by atoms with Gasteiger partial charge in [0, 0.05) is 16.8 Å². The standard InChI is InChI=1S/C24H15FN2O2/c25-19-7-3-6-17(13-19)23(28)26-20-10-11-22-21(14-20)27-24(29-22)18-9-8-15-4-1-2-5-16(15)12-18/h1-14H,(H,26,28). The molecule has 0 aliphatic heterocycles. The highest BCUT2D eigenvalue weighted by atomic mass is 19.1. The zero-order valence-electron chi connectivity index (χ0n) is 15.2. The molecule has 1 amide bonds. The summed E-state index contributed by atoms with van der Waals surface area (Å²) in [5.41, 5.74) is 2.94. The third-order valence-electron chi connectivity index (χ3n) is 4.73. The molecular weight excluding hydrogens is 367 g/mol. The van der Waals surface area contributed by atoms with Crippen LogP contribution in [0.15, 0.2) is 89.3 Å². The summed E-state index contributed by atoms with van der Waals surface area (Å²) in [6, 6.07) is 24.9. The molecule has 5 aromatic rings. The van der Waals surface area contributed by atoms with E-state index in [-0.39, 0.29) is 11.5 Å². The predicted molar refractivity (Wildman–Crippen MR) is 111 cm³/mol. The number of halogens is 1. The Kier molecular flexibility index (Phi) is 4.06. The zero-order valence-corrected chi connectivity index (χ0v) is 15.2. The molecule has 140 valence electrons. The molecule has 0 aliphatic carbocycles. The topological polar surface area (TPSA) is 55.1 Å². The van der Waals surface area contributed by atoms with Gasteiger partial charge in [-0.25, -0.2) is 9.37 Å². The number of carbonyl (C=O) groups is 1. The highest BCUT2D eigenvalue weighted by Gasteiger charge is 2.12. The first kappa shape index (κ1) is 17.1. The van der Waals surface area contributed by atoms with Crippen molar-refractivity contribution < 1.29 is 13.6 Å². The minimum Gasteiger partial charge on any atom is -0.436 e. The highest BCUT2D eigenvalue weighted by Crippen LogP contribution is 2.28. The fourth-order valence-electron chi connectivity index (χ4n) is 3.28. The van der Waals surface area contributed by atoms with Crippen molar-refractivity contribution in [2.24, 2.45) is 0 Å². The van der Waals surface area contributed by atoms with Gasteiger partial charge in [-0.1, -0.05) is 36.4 Å². The molecule has 1 N–H and O–H groups in total. The number of carbonyl (C=O) groups excluding carboxylic acids is 1. The third-order valence-corrected chi connectivity index (χ3v) is 4.73. The number of fused-ring (bicyclic) bond motifs is 2. The zero-order chi connectivity index (χ0) is 19.8. The molecule has 0 bridgehead atoms. The van der Waals surface area contributed by atoms with Crippen LogP contribution in [0, 0.1) is 5.82 Å². The van der Waals surface area contributed by atoms with Crippen LogP contribution in [0.1, 0.15) is 10.4 Å². The van der Waals surface area contributed by atoms with E-state index in [1.54, 1.807) is 24.3 Å². The first-order chi connectivity index (χ1) is 14.2. The van der Waals surface area contributed by atoms with Crippen LogP contribution in [0.4, 0.5) is 10.1 Å². The number of anilines is 1. The lowest BCUT2D eigenvalue weighted by Crippen LogP contribution is -2.11. The van der Waals surface area contributed by atoms with Crippen molar-refractivity contribution in [1.29, 1.82) is 0 Å². The second-order valence-corrected chi connectivity index (χ2v) is 6.73. The Morgan fingerprint density at radius 2 is 1.72 bits per heavy atom. The maximum absolute atomic E-state index is 13.3. The van der Waals surface area contributed by atoms with Gasteiger partial charge in [-0.15, -0.1) is 0 Å². The number of oxazole rings is 1. The van der Waals surface area contributed by atoms with Gasteiger partial charge in [0.05, 0.1) is 0 Å². The van der Waals surface area contributed by atoms with E-state index in [9.17, 15) is 9.18 Å². The number of hydrogen-bond acceptors (Lipinski definition) is 3. The Bertz CT molecular complexity index is 1370. The van der Waals surface area contributed by atoms with Gasteiger partial charge >= 0.3 is 0 Å². The van der Waals surface area contributed by atoms with E-state index in [2.05, 4.69) is 16.4 Å². The van der Waals surface area contributed by atoms with Crippen molar-refractivity contribution in [3.63, 3.8) is 0 Å². The number of hydrogen-bond donors (Lipinski definition) is 1. The summed E-state index contributed by atoms with van der Waals surface area (Å²) in [7, 11) is 0. The monoisotopic (exact) mass is 382 g/mol. The van der Waals surface area contributed by atoms with Gasteiger partial charge < -0.3 is 9.73 Å². The molecule has 0 saturated carbocycles. The van der Waals surface area contributed by atoms with E-state index < -0.39 is 5.82 Å². The molecule has 5 heteroatoms. The van der Waals surface area contributed by atoms with Gasteiger partial charge in [0.25, 0.3) is 5.91 Å². The smallest absolute Gasteiger partial charge is 0.255 e. The van der Waals surface area contributed by atoms with E-state index in [4.69, 9.17) is 4.42 Å². The molecular formula is C24H15FN2O2. The summed E-state index contributed by atoms with van der Waals surface area (Å²) in [5.74, 6) is -0.328. The van der Waals surface area contributed by atoms with Crippen LogP contribution in [-0.4, -0.2) is 10.9 Å². The average Bonchev–Trinajstić information content (AvgIpc) is 3.17. The largest absolute Gasteiger partial charge is 0.436 e. The van der Waals surface area contributed by atoms with E-state index in [1.807, 2.05) is 36.4 Å². The van der Waals surface area contributed by atoms with Crippen molar-refractivity contribution in [3.05, 3.63) is 96.3 Å². The number of amides is 1. The Hall–Kier alpha value is -3.99. The molecule has 0 unspecified atom stereocenters. The molecule has 1 aromatic heterocycles. The summed E-state index contributed by atoms with van der Waals surface area (Å²) in [5, 5.41) is 5.02. The fraction of sp³-hybridized carbons (Fsp3) is 0. The van der Waals surface area contributed by atoms with Crippen LogP contribution in [0.5, 0.6) is 0 Å². The number of aromatic nitrogens is 1. The van der Waals surface area contributed by atoms with E-state index >= 15 is 0 Å². The lowest BCUT2D eigenvalue weighted by Gasteiger charge is -2.04. The maximum Gasteiger partial charge on any atom is 0.255 e. The minimum atomic E-state index is -0.454. The number of rotatable bonds is 3. The van der Waals surface area contributed by atoms with Crippen molar-refractivity contribution in [2.75, 3.05) is 5.32 Å².